The third-order valence-corrected chi connectivity index (χ3v) is 4.13. The highest BCUT2D eigenvalue weighted by molar-refractivity contribution is 6.08. The maximum atomic E-state index is 4.42. The molecule has 114 valence electrons. The Morgan fingerprint density at radius 1 is 0.792 bits per heavy atom. The lowest BCUT2D eigenvalue weighted by atomic mass is 9.99. The number of aromatic nitrogens is 2. The van der Waals surface area contributed by atoms with Crippen molar-refractivity contribution in [3.05, 3.63) is 91.4 Å². The van der Waals surface area contributed by atoms with Crippen LogP contribution in [0.1, 0.15) is 5.69 Å². The largest absolute Gasteiger partial charge is 0.237 e. The number of allylic oxidation sites excluding steroid dienone is 2. The minimum Gasteiger partial charge on any atom is -0.237 e. The first-order chi connectivity index (χ1) is 11.8. The molecule has 0 aliphatic carbocycles. The summed E-state index contributed by atoms with van der Waals surface area (Å²) in [6.45, 7) is 3.69. The van der Waals surface area contributed by atoms with E-state index in [0.29, 0.717) is 0 Å². The first kappa shape index (κ1) is 14.3. The summed E-state index contributed by atoms with van der Waals surface area (Å²) in [4.78, 5) is 8.68. The van der Waals surface area contributed by atoms with Gasteiger partial charge in [-0.15, -0.1) is 0 Å². The number of hydrogen-bond acceptors (Lipinski definition) is 2. The Bertz CT molecular complexity index is 1080. The van der Waals surface area contributed by atoms with Gasteiger partial charge in [0.15, 0.2) is 0 Å². The Balaban J connectivity index is 1.85. The van der Waals surface area contributed by atoms with Crippen molar-refractivity contribution in [2.75, 3.05) is 0 Å². The monoisotopic (exact) mass is 308 g/mol. The van der Waals surface area contributed by atoms with E-state index in [2.05, 4.69) is 71.1 Å². The SMILES string of the molecule is C=C/C=C\c1cc(-c2ccc3c(ccc4ccccc43)c2)ncn1. The van der Waals surface area contributed by atoms with Crippen LogP contribution in [0, 0.1) is 0 Å². The molecule has 0 fully saturated rings. The van der Waals surface area contributed by atoms with E-state index >= 15 is 0 Å². The van der Waals surface area contributed by atoms with Gasteiger partial charge >= 0.3 is 0 Å². The number of nitrogens with zero attached hydrogens (tertiary/aromatic N) is 2. The molecule has 0 bridgehead atoms. The van der Waals surface area contributed by atoms with Crippen LogP contribution < -0.4 is 0 Å². The van der Waals surface area contributed by atoms with Gasteiger partial charge in [0.05, 0.1) is 11.4 Å². The fourth-order valence-electron chi connectivity index (χ4n) is 2.96. The van der Waals surface area contributed by atoms with Gasteiger partial charge < -0.3 is 0 Å². The fourth-order valence-corrected chi connectivity index (χ4v) is 2.96. The van der Waals surface area contributed by atoms with E-state index in [1.807, 2.05) is 18.2 Å². The van der Waals surface area contributed by atoms with Crippen molar-refractivity contribution in [2.24, 2.45) is 0 Å². The summed E-state index contributed by atoms with van der Waals surface area (Å²) in [7, 11) is 0. The summed E-state index contributed by atoms with van der Waals surface area (Å²) < 4.78 is 0. The summed E-state index contributed by atoms with van der Waals surface area (Å²) in [5.41, 5.74) is 2.88. The first-order valence-corrected chi connectivity index (χ1v) is 7.88. The predicted octanol–water partition coefficient (Wildman–Crippen LogP) is 5.65. The molecule has 1 heterocycles. The second kappa shape index (κ2) is 6.09. The van der Waals surface area contributed by atoms with Crippen LogP contribution in [0.5, 0.6) is 0 Å². The summed E-state index contributed by atoms with van der Waals surface area (Å²) in [6, 6.07) is 21.3. The molecule has 3 aromatic carbocycles. The van der Waals surface area contributed by atoms with Gasteiger partial charge in [0, 0.05) is 5.56 Å². The van der Waals surface area contributed by atoms with Crippen molar-refractivity contribution in [3.8, 4) is 11.3 Å². The molecule has 0 radical (unpaired) electrons. The molecule has 0 amide bonds. The Morgan fingerprint density at radius 3 is 2.54 bits per heavy atom. The molecule has 0 atom stereocenters. The molecule has 0 unspecified atom stereocenters. The van der Waals surface area contributed by atoms with Crippen LogP contribution in [0.4, 0.5) is 0 Å². The number of fused-ring (bicyclic) bond motifs is 3. The van der Waals surface area contributed by atoms with Gasteiger partial charge in [-0.3, -0.25) is 0 Å². The molecule has 4 aromatic rings. The lowest BCUT2D eigenvalue weighted by molar-refractivity contribution is 1.16. The van der Waals surface area contributed by atoms with Gasteiger partial charge in [-0.05, 0) is 39.8 Å². The van der Waals surface area contributed by atoms with Gasteiger partial charge in [-0.25, -0.2) is 9.97 Å². The third kappa shape index (κ3) is 2.59. The standard InChI is InChI=1S/C22H16N2/c1-2-3-7-19-14-22(24-15-23-19)18-11-12-21-17(13-18)10-9-16-6-4-5-8-20(16)21/h2-15H,1H2/b7-3-. The zero-order valence-electron chi connectivity index (χ0n) is 13.2. The van der Waals surface area contributed by atoms with E-state index in [9.17, 15) is 0 Å². The van der Waals surface area contributed by atoms with Gasteiger partial charge in [-0.1, -0.05) is 67.3 Å². The summed E-state index contributed by atoms with van der Waals surface area (Å²) >= 11 is 0. The Kier molecular flexibility index (Phi) is 3.64. The first-order valence-electron chi connectivity index (χ1n) is 7.88. The van der Waals surface area contributed by atoms with Gasteiger partial charge in [0.2, 0.25) is 0 Å². The van der Waals surface area contributed by atoms with Crippen LogP contribution in [0.2, 0.25) is 0 Å². The Labute approximate surface area is 140 Å². The van der Waals surface area contributed by atoms with Gasteiger partial charge in [-0.2, -0.15) is 0 Å². The molecule has 0 saturated carbocycles. The molecule has 2 nitrogen and oxygen atoms in total. The average molecular weight is 308 g/mol. The van der Waals surface area contributed by atoms with Gasteiger partial charge in [0.25, 0.3) is 0 Å². The topological polar surface area (TPSA) is 25.8 Å². The van der Waals surface area contributed by atoms with Crippen LogP contribution >= 0.6 is 0 Å². The average Bonchev–Trinajstić information content (AvgIpc) is 2.66. The van der Waals surface area contributed by atoms with E-state index < -0.39 is 0 Å². The van der Waals surface area contributed by atoms with Crippen molar-refractivity contribution in [2.45, 2.75) is 0 Å². The highest BCUT2D eigenvalue weighted by Crippen LogP contribution is 2.29. The molecule has 0 aliphatic heterocycles. The lowest BCUT2D eigenvalue weighted by Crippen LogP contribution is -1.88. The van der Waals surface area contributed by atoms with Crippen LogP contribution in [0.3, 0.4) is 0 Å². The maximum absolute atomic E-state index is 4.42. The molecule has 4 rings (SSSR count). The quantitative estimate of drug-likeness (QED) is 0.361. The minimum absolute atomic E-state index is 0.874. The van der Waals surface area contributed by atoms with Crippen LogP contribution in [-0.4, -0.2) is 9.97 Å². The number of rotatable bonds is 3. The van der Waals surface area contributed by atoms with E-state index in [0.717, 1.165) is 17.0 Å². The smallest absolute Gasteiger partial charge is 0.116 e. The Morgan fingerprint density at radius 2 is 1.62 bits per heavy atom. The van der Waals surface area contributed by atoms with Crippen LogP contribution in [0.25, 0.3) is 38.9 Å². The lowest BCUT2D eigenvalue weighted by Gasteiger charge is -2.07. The summed E-state index contributed by atoms with van der Waals surface area (Å²) in [5, 5.41) is 5.01. The second-order valence-electron chi connectivity index (χ2n) is 5.65. The number of benzene rings is 3. The highest BCUT2D eigenvalue weighted by atomic mass is 14.8. The molecular formula is C22H16N2. The fraction of sp³-hybridized carbons (Fsp3) is 0. The normalized spacial score (nSPS) is 11.3. The predicted molar refractivity (Wildman–Crippen MR) is 102 cm³/mol. The maximum Gasteiger partial charge on any atom is 0.116 e. The number of hydrogen-bond donors (Lipinski definition) is 0. The molecule has 2 heteroatoms. The molecule has 0 aliphatic rings. The van der Waals surface area contributed by atoms with Crippen molar-refractivity contribution >= 4 is 27.6 Å². The molecule has 0 saturated heterocycles. The van der Waals surface area contributed by atoms with Crippen molar-refractivity contribution < 1.29 is 0 Å². The summed E-state index contributed by atoms with van der Waals surface area (Å²) in [6.07, 6.45) is 7.14. The van der Waals surface area contributed by atoms with E-state index in [-0.39, 0.29) is 0 Å². The highest BCUT2D eigenvalue weighted by Gasteiger charge is 2.05. The van der Waals surface area contributed by atoms with E-state index in [1.165, 1.54) is 21.5 Å². The molecule has 0 N–H and O–H groups in total. The van der Waals surface area contributed by atoms with Crippen LogP contribution in [-0.2, 0) is 0 Å². The van der Waals surface area contributed by atoms with Crippen LogP contribution in [0.15, 0.2) is 85.7 Å². The molecular weight excluding hydrogens is 292 g/mol. The van der Waals surface area contributed by atoms with E-state index in [1.54, 1.807) is 12.4 Å². The molecule has 1 aromatic heterocycles. The van der Waals surface area contributed by atoms with Crippen molar-refractivity contribution in [1.82, 2.24) is 9.97 Å². The Hall–Kier alpha value is -3.26. The molecule has 24 heavy (non-hydrogen) atoms. The molecule has 0 spiro atoms. The van der Waals surface area contributed by atoms with Crippen molar-refractivity contribution in [1.29, 1.82) is 0 Å². The second-order valence-corrected chi connectivity index (χ2v) is 5.65. The summed E-state index contributed by atoms with van der Waals surface area (Å²) in [5.74, 6) is 0. The van der Waals surface area contributed by atoms with Gasteiger partial charge in [0.1, 0.15) is 6.33 Å². The minimum atomic E-state index is 0.874. The zero-order valence-corrected chi connectivity index (χ0v) is 13.2. The zero-order chi connectivity index (χ0) is 16.4. The van der Waals surface area contributed by atoms with E-state index in [4.69, 9.17) is 0 Å². The third-order valence-electron chi connectivity index (χ3n) is 4.13. The van der Waals surface area contributed by atoms with Crippen molar-refractivity contribution in [3.63, 3.8) is 0 Å².